The third kappa shape index (κ3) is 6.04. The van der Waals surface area contributed by atoms with Crippen molar-refractivity contribution in [2.24, 2.45) is 13.0 Å². The van der Waals surface area contributed by atoms with Gasteiger partial charge < -0.3 is 18.9 Å². The van der Waals surface area contributed by atoms with Crippen LogP contribution in [-0.2, 0) is 29.5 Å². The zero-order chi connectivity index (χ0) is 32.4. The quantitative estimate of drug-likeness (QED) is 0.0865. The van der Waals surface area contributed by atoms with Gasteiger partial charge in [0.05, 0.1) is 41.6 Å². The lowest BCUT2D eigenvalue weighted by molar-refractivity contribution is -0.147. The molecule has 0 bridgehead atoms. The molecule has 8 nitrogen and oxygen atoms in total. The maximum atomic E-state index is 12.9. The average molecular weight is 641 g/mol. The largest absolute Gasteiger partial charge is 0.493 e. The van der Waals surface area contributed by atoms with E-state index in [1.54, 1.807) is 0 Å². The molecule has 0 saturated carbocycles. The summed E-state index contributed by atoms with van der Waals surface area (Å²) in [5.74, 6) is 0.683. The Bertz CT molecular complexity index is 1900. The van der Waals surface area contributed by atoms with Crippen molar-refractivity contribution in [1.82, 2.24) is 19.2 Å². The van der Waals surface area contributed by atoms with E-state index in [1.807, 2.05) is 49.0 Å². The number of aromatic nitrogens is 3. The Balaban J connectivity index is 1.33. The molecule has 0 N–H and O–H groups in total. The second-order valence-corrected chi connectivity index (χ2v) is 12.6. The zero-order valence-electron chi connectivity index (χ0n) is 27.0. The van der Waals surface area contributed by atoms with Gasteiger partial charge in [-0.3, -0.25) is 14.3 Å². The highest BCUT2D eigenvalue weighted by Crippen LogP contribution is 2.42. The standard InChI is InChI=1S/C37H41ClN4O4/c1-24-34(25(2)40(3)39-24)35-31(38)15-14-30-29(12-8-22-46-33-13-7-10-26-9-5-6-11-28(26)33)32(23-43)42(36(30)35)21-20-41-18-16-27(17-19-41)37(44)45-4/h5-7,9-11,13-15,23,27H,8,12,16-22H2,1-4H3. The van der Waals surface area contributed by atoms with E-state index in [2.05, 4.69) is 45.8 Å². The number of esters is 1. The minimum atomic E-state index is -0.130. The number of benzene rings is 3. The van der Waals surface area contributed by atoms with Crippen LogP contribution in [0.3, 0.4) is 0 Å². The second kappa shape index (κ2) is 13.7. The summed E-state index contributed by atoms with van der Waals surface area (Å²) in [6.45, 7) is 7.56. The van der Waals surface area contributed by atoms with Crippen molar-refractivity contribution in [3.05, 3.63) is 82.3 Å². The van der Waals surface area contributed by atoms with Crippen LogP contribution in [0.5, 0.6) is 5.75 Å². The van der Waals surface area contributed by atoms with Gasteiger partial charge in [-0.05, 0) is 75.7 Å². The molecule has 0 amide bonds. The van der Waals surface area contributed by atoms with E-state index in [0.29, 0.717) is 30.3 Å². The summed E-state index contributed by atoms with van der Waals surface area (Å²) < 4.78 is 15.3. The molecule has 0 atom stereocenters. The van der Waals surface area contributed by atoms with Gasteiger partial charge >= 0.3 is 5.97 Å². The smallest absolute Gasteiger partial charge is 0.308 e. The van der Waals surface area contributed by atoms with E-state index in [1.165, 1.54) is 7.11 Å². The Morgan fingerprint density at radius 3 is 2.48 bits per heavy atom. The highest BCUT2D eigenvalue weighted by molar-refractivity contribution is 6.35. The molecule has 1 aliphatic rings. The molecule has 46 heavy (non-hydrogen) atoms. The third-order valence-electron chi connectivity index (χ3n) is 9.53. The number of carbonyl (C=O) groups is 2. The lowest BCUT2D eigenvalue weighted by Gasteiger charge is -2.30. The number of aldehydes is 1. The van der Waals surface area contributed by atoms with Gasteiger partial charge in [-0.2, -0.15) is 5.10 Å². The number of fused-ring (bicyclic) bond motifs is 2. The van der Waals surface area contributed by atoms with Gasteiger partial charge in [-0.15, -0.1) is 0 Å². The van der Waals surface area contributed by atoms with Crippen LogP contribution in [0.1, 0.15) is 46.7 Å². The number of aryl methyl sites for hydroxylation is 3. The summed E-state index contributed by atoms with van der Waals surface area (Å²) in [4.78, 5) is 27.4. The Labute approximate surface area is 274 Å². The van der Waals surface area contributed by atoms with Gasteiger partial charge in [-0.1, -0.05) is 54.1 Å². The molecular formula is C37H41ClN4O4. The first-order chi connectivity index (χ1) is 22.3. The number of methoxy groups -OCH3 is 1. The molecule has 0 unspecified atom stereocenters. The molecule has 5 aromatic rings. The topological polar surface area (TPSA) is 78.6 Å². The van der Waals surface area contributed by atoms with E-state index in [-0.39, 0.29) is 11.9 Å². The van der Waals surface area contributed by atoms with E-state index in [9.17, 15) is 9.59 Å². The molecule has 3 heterocycles. The number of piperidine rings is 1. The summed E-state index contributed by atoms with van der Waals surface area (Å²) in [7, 11) is 3.39. The fourth-order valence-electron chi connectivity index (χ4n) is 7.07. The Kier molecular flexibility index (Phi) is 9.47. The van der Waals surface area contributed by atoms with Crippen LogP contribution in [0, 0.1) is 19.8 Å². The third-order valence-corrected chi connectivity index (χ3v) is 9.85. The first kappa shape index (κ1) is 31.8. The van der Waals surface area contributed by atoms with Crippen LogP contribution < -0.4 is 4.74 Å². The maximum absolute atomic E-state index is 12.9. The fraction of sp³-hybridized carbons (Fsp3) is 0.378. The second-order valence-electron chi connectivity index (χ2n) is 12.2. The molecule has 0 aliphatic carbocycles. The molecule has 2 aromatic heterocycles. The highest BCUT2D eigenvalue weighted by Gasteiger charge is 2.28. The molecule has 1 saturated heterocycles. The molecule has 1 aliphatic heterocycles. The van der Waals surface area contributed by atoms with Crippen molar-refractivity contribution >= 4 is 45.5 Å². The summed E-state index contributed by atoms with van der Waals surface area (Å²) in [5.41, 5.74) is 6.46. The SMILES string of the molecule is COC(=O)C1CCN(CCn2c(C=O)c(CCCOc3cccc4ccccc34)c3ccc(Cl)c(-c4c(C)nn(C)c4C)c32)CC1. The van der Waals surface area contributed by atoms with Crippen LogP contribution in [-0.4, -0.2) is 64.9 Å². The molecule has 240 valence electrons. The lowest BCUT2D eigenvalue weighted by Crippen LogP contribution is -2.38. The first-order valence-corrected chi connectivity index (χ1v) is 16.4. The molecule has 3 aromatic carbocycles. The number of nitrogens with zero attached hydrogens (tertiary/aromatic N) is 4. The van der Waals surface area contributed by atoms with E-state index in [0.717, 1.165) is 101 Å². The average Bonchev–Trinajstić information content (AvgIpc) is 3.52. The van der Waals surface area contributed by atoms with Crippen LogP contribution in [0.25, 0.3) is 32.8 Å². The normalized spacial score (nSPS) is 14.3. The van der Waals surface area contributed by atoms with E-state index in [4.69, 9.17) is 21.1 Å². The van der Waals surface area contributed by atoms with Crippen LogP contribution >= 0.6 is 11.6 Å². The van der Waals surface area contributed by atoms with E-state index >= 15 is 0 Å². The lowest BCUT2D eigenvalue weighted by atomic mass is 9.97. The van der Waals surface area contributed by atoms with E-state index < -0.39 is 0 Å². The number of hydrogen-bond donors (Lipinski definition) is 0. The number of rotatable bonds is 11. The minimum absolute atomic E-state index is 0.0520. The Morgan fingerprint density at radius 1 is 1.00 bits per heavy atom. The van der Waals surface area contributed by atoms with Gasteiger partial charge in [-0.25, -0.2) is 0 Å². The van der Waals surface area contributed by atoms with Crippen molar-refractivity contribution in [1.29, 1.82) is 0 Å². The predicted octanol–water partition coefficient (Wildman–Crippen LogP) is 7.17. The summed E-state index contributed by atoms with van der Waals surface area (Å²) >= 11 is 7.01. The van der Waals surface area contributed by atoms with Gasteiger partial charge in [0.2, 0.25) is 0 Å². The molecule has 0 radical (unpaired) electrons. The molecular weight excluding hydrogens is 600 g/mol. The monoisotopic (exact) mass is 640 g/mol. The number of carbonyl (C=O) groups excluding carboxylic acids is 2. The Hall–Kier alpha value is -4.14. The Morgan fingerprint density at radius 2 is 1.76 bits per heavy atom. The van der Waals surface area contributed by atoms with Crippen LogP contribution in [0.15, 0.2) is 54.6 Å². The predicted molar refractivity (Wildman–Crippen MR) is 183 cm³/mol. The molecule has 9 heteroatoms. The van der Waals surface area contributed by atoms with Gasteiger partial charge in [0, 0.05) is 47.7 Å². The molecule has 6 rings (SSSR count). The number of likely N-dealkylation sites (tertiary alicyclic amines) is 1. The van der Waals surface area contributed by atoms with Crippen LogP contribution in [0.4, 0.5) is 0 Å². The summed E-state index contributed by atoms with van der Waals surface area (Å²) in [6, 6.07) is 18.3. The number of ether oxygens (including phenoxy) is 2. The number of hydrogen-bond acceptors (Lipinski definition) is 6. The van der Waals surface area contributed by atoms with Crippen molar-refractivity contribution in [2.45, 2.75) is 46.1 Å². The minimum Gasteiger partial charge on any atom is -0.493 e. The first-order valence-electron chi connectivity index (χ1n) is 16.0. The van der Waals surface area contributed by atoms with Crippen molar-refractivity contribution in [3.63, 3.8) is 0 Å². The van der Waals surface area contributed by atoms with Gasteiger partial charge in [0.1, 0.15) is 5.75 Å². The van der Waals surface area contributed by atoms with Gasteiger partial charge in [0.25, 0.3) is 0 Å². The van der Waals surface area contributed by atoms with Crippen molar-refractivity contribution < 1.29 is 19.1 Å². The van der Waals surface area contributed by atoms with Crippen molar-refractivity contribution in [3.8, 4) is 16.9 Å². The maximum Gasteiger partial charge on any atom is 0.308 e. The van der Waals surface area contributed by atoms with Gasteiger partial charge in [0.15, 0.2) is 6.29 Å². The molecule has 1 fully saturated rings. The highest BCUT2D eigenvalue weighted by atomic mass is 35.5. The van der Waals surface area contributed by atoms with Crippen molar-refractivity contribution in [2.75, 3.05) is 33.4 Å². The zero-order valence-corrected chi connectivity index (χ0v) is 27.8. The van der Waals surface area contributed by atoms with Crippen LogP contribution in [0.2, 0.25) is 5.02 Å². The number of halogens is 1. The fourth-order valence-corrected chi connectivity index (χ4v) is 7.31. The summed E-state index contributed by atoms with van der Waals surface area (Å²) in [5, 5.41) is 8.58. The summed E-state index contributed by atoms with van der Waals surface area (Å²) in [6.07, 6.45) is 3.95. The molecule has 0 spiro atoms.